The number of anilines is 1. The van der Waals surface area contributed by atoms with Crippen molar-refractivity contribution >= 4 is 29.0 Å². The minimum absolute atomic E-state index is 0.0290. The molecule has 0 radical (unpaired) electrons. The number of nitrogens with one attached hydrogen (secondary N) is 1. The van der Waals surface area contributed by atoms with Crippen LogP contribution in [0.1, 0.15) is 13.8 Å². The van der Waals surface area contributed by atoms with Crippen LogP contribution >= 0.6 is 11.6 Å². The molecule has 0 aliphatic heterocycles. The number of hydrogen-bond donors (Lipinski definition) is 2. The Labute approximate surface area is 108 Å². The third kappa shape index (κ3) is 3.56. The zero-order chi connectivity index (χ0) is 13.9. The van der Waals surface area contributed by atoms with Gasteiger partial charge in [-0.2, -0.15) is 0 Å². The zero-order valence-corrected chi connectivity index (χ0v) is 10.6. The first-order chi connectivity index (χ1) is 8.31. The van der Waals surface area contributed by atoms with Crippen molar-refractivity contribution in [3.8, 4) is 0 Å². The molecule has 0 saturated carbocycles. The fraction of sp³-hybridized carbons (Fsp3) is 0.400. The number of nitro groups is 1. The Morgan fingerprint density at radius 2 is 2.17 bits per heavy atom. The van der Waals surface area contributed by atoms with Gasteiger partial charge in [-0.1, -0.05) is 25.4 Å². The van der Waals surface area contributed by atoms with Crippen LogP contribution in [0.3, 0.4) is 0 Å². The number of halogens is 1. The summed E-state index contributed by atoms with van der Waals surface area (Å²) in [5.41, 5.74) is 5.02. The Kier molecular flexibility index (Phi) is 4.43. The number of rotatable bonds is 5. The van der Waals surface area contributed by atoms with Gasteiger partial charge < -0.3 is 11.1 Å². The Hall–Kier alpha value is -1.89. The molecule has 18 heavy (non-hydrogen) atoms. The number of carbonyl (C=O) groups is 1. The van der Waals surface area contributed by atoms with Gasteiger partial charge in [-0.3, -0.25) is 14.9 Å². The van der Waals surface area contributed by atoms with Crippen molar-refractivity contribution in [2.75, 3.05) is 5.32 Å². The van der Waals surface area contributed by atoms with Crippen LogP contribution in [0.5, 0.6) is 0 Å². The third-order valence-corrected chi connectivity index (χ3v) is 2.46. The van der Waals surface area contributed by atoms with Crippen LogP contribution in [0.25, 0.3) is 0 Å². The topological polar surface area (TPSA) is 111 Å². The second kappa shape index (κ2) is 5.63. The molecule has 0 aliphatic rings. The van der Waals surface area contributed by atoms with E-state index in [9.17, 15) is 14.9 Å². The van der Waals surface area contributed by atoms with Gasteiger partial charge in [0.1, 0.15) is 17.0 Å². The van der Waals surface area contributed by atoms with Crippen molar-refractivity contribution in [1.82, 2.24) is 4.98 Å². The van der Waals surface area contributed by atoms with Gasteiger partial charge in [-0.05, 0) is 5.92 Å². The standard InChI is InChI=1S/C10H13ClN4O3/c1-5(2)9(10(12)16)14-8-4-6(15(17)18)3-7(11)13-8/h3-5,9H,1-2H3,(H2,12,16)(H,13,14). The van der Waals surface area contributed by atoms with E-state index in [1.54, 1.807) is 13.8 Å². The molecular weight excluding hydrogens is 260 g/mol. The number of amides is 1. The summed E-state index contributed by atoms with van der Waals surface area (Å²) < 4.78 is 0. The Bertz CT molecular complexity index is 478. The van der Waals surface area contributed by atoms with E-state index in [-0.39, 0.29) is 22.6 Å². The van der Waals surface area contributed by atoms with Crippen molar-refractivity contribution in [3.63, 3.8) is 0 Å². The van der Waals surface area contributed by atoms with Crippen LogP contribution in [0, 0.1) is 16.0 Å². The first kappa shape index (κ1) is 14.2. The molecule has 0 bridgehead atoms. The molecule has 98 valence electrons. The maximum absolute atomic E-state index is 11.2. The maximum Gasteiger partial charge on any atom is 0.276 e. The lowest BCUT2D eigenvalue weighted by Gasteiger charge is -2.19. The predicted molar refractivity (Wildman–Crippen MR) is 67.3 cm³/mol. The summed E-state index contributed by atoms with van der Waals surface area (Å²) in [6.45, 7) is 3.59. The van der Waals surface area contributed by atoms with E-state index >= 15 is 0 Å². The molecule has 0 fully saturated rings. The van der Waals surface area contributed by atoms with E-state index in [1.807, 2.05) is 0 Å². The lowest BCUT2D eigenvalue weighted by Crippen LogP contribution is -2.39. The molecule has 8 heteroatoms. The molecule has 1 unspecified atom stereocenters. The van der Waals surface area contributed by atoms with Crippen molar-refractivity contribution in [2.45, 2.75) is 19.9 Å². The second-order valence-electron chi connectivity index (χ2n) is 4.06. The normalized spacial score (nSPS) is 12.2. The highest BCUT2D eigenvalue weighted by molar-refractivity contribution is 6.29. The van der Waals surface area contributed by atoms with Gasteiger partial charge >= 0.3 is 0 Å². The molecule has 0 aliphatic carbocycles. The summed E-state index contributed by atoms with van der Waals surface area (Å²) in [5, 5.41) is 13.4. The minimum atomic E-state index is -0.671. The van der Waals surface area contributed by atoms with E-state index < -0.39 is 16.9 Å². The average molecular weight is 273 g/mol. The van der Waals surface area contributed by atoms with Crippen LogP contribution in [-0.2, 0) is 4.79 Å². The molecule has 1 amide bonds. The number of nitrogens with zero attached hydrogens (tertiary/aromatic N) is 2. The molecule has 0 aromatic carbocycles. The molecule has 0 saturated heterocycles. The third-order valence-electron chi connectivity index (χ3n) is 2.27. The van der Waals surface area contributed by atoms with Crippen LogP contribution in [-0.4, -0.2) is 21.9 Å². The smallest absolute Gasteiger partial charge is 0.276 e. The van der Waals surface area contributed by atoms with Crippen LogP contribution in [0.2, 0.25) is 5.15 Å². The lowest BCUT2D eigenvalue weighted by atomic mass is 10.0. The highest BCUT2D eigenvalue weighted by Gasteiger charge is 2.21. The van der Waals surface area contributed by atoms with E-state index in [0.717, 1.165) is 6.07 Å². The summed E-state index contributed by atoms with van der Waals surface area (Å²) in [6, 6.07) is 1.65. The Balaban J connectivity index is 3.03. The predicted octanol–water partition coefficient (Wildman–Crippen LogP) is 1.56. The summed E-state index contributed by atoms with van der Waals surface area (Å²) in [7, 11) is 0. The maximum atomic E-state index is 11.2. The van der Waals surface area contributed by atoms with Crippen LogP contribution in [0.15, 0.2) is 12.1 Å². The van der Waals surface area contributed by atoms with Crippen LogP contribution in [0.4, 0.5) is 11.5 Å². The van der Waals surface area contributed by atoms with E-state index in [1.165, 1.54) is 6.07 Å². The minimum Gasteiger partial charge on any atom is -0.368 e. The monoisotopic (exact) mass is 272 g/mol. The van der Waals surface area contributed by atoms with E-state index in [2.05, 4.69) is 10.3 Å². The molecule has 1 atom stereocenters. The number of primary amides is 1. The largest absolute Gasteiger partial charge is 0.368 e. The lowest BCUT2D eigenvalue weighted by molar-refractivity contribution is -0.384. The Morgan fingerprint density at radius 3 is 2.61 bits per heavy atom. The van der Waals surface area contributed by atoms with Crippen molar-refractivity contribution in [1.29, 1.82) is 0 Å². The summed E-state index contributed by atoms with van der Waals surface area (Å²) in [6.07, 6.45) is 0. The summed E-state index contributed by atoms with van der Waals surface area (Å²) >= 11 is 5.66. The summed E-state index contributed by atoms with van der Waals surface area (Å²) in [4.78, 5) is 25.1. The SMILES string of the molecule is CC(C)C(Nc1cc([N+](=O)[O-])cc(Cl)n1)C(N)=O. The van der Waals surface area contributed by atoms with Crippen molar-refractivity contribution in [2.24, 2.45) is 11.7 Å². The first-order valence-corrected chi connectivity index (χ1v) is 5.57. The average Bonchev–Trinajstić information content (AvgIpc) is 2.24. The zero-order valence-electron chi connectivity index (χ0n) is 9.88. The number of pyridine rings is 1. The fourth-order valence-electron chi connectivity index (χ4n) is 1.39. The number of aromatic nitrogens is 1. The van der Waals surface area contributed by atoms with Gasteiger partial charge in [0.25, 0.3) is 5.69 Å². The Morgan fingerprint density at radius 1 is 1.56 bits per heavy atom. The molecule has 1 heterocycles. The molecule has 1 aromatic rings. The number of carbonyl (C=O) groups excluding carboxylic acids is 1. The molecule has 1 aromatic heterocycles. The summed E-state index contributed by atoms with van der Waals surface area (Å²) in [5.74, 6) is -0.497. The van der Waals surface area contributed by atoms with Gasteiger partial charge in [0.2, 0.25) is 5.91 Å². The molecule has 7 nitrogen and oxygen atoms in total. The highest BCUT2D eigenvalue weighted by atomic mass is 35.5. The second-order valence-corrected chi connectivity index (χ2v) is 4.45. The molecule has 1 rings (SSSR count). The van der Waals surface area contributed by atoms with Crippen molar-refractivity contribution < 1.29 is 9.72 Å². The number of nitrogens with two attached hydrogens (primary N) is 1. The molecule has 0 spiro atoms. The van der Waals surface area contributed by atoms with Gasteiger partial charge in [-0.15, -0.1) is 0 Å². The number of hydrogen-bond acceptors (Lipinski definition) is 5. The van der Waals surface area contributed by atoms with Gasteiger partial charge in [0, 0.05) is 0 Å². The van der Waals surface area contributed by atoms with Gasteiger partial charge in [-0.25, -0.2) is 4.98 Å². The van der Waals surface area contributed by atoms with Crippen LogP contribution < -0.4 is 11.1 Å². The van der Waals surface area contributed by atoms with Gasteiger partial charge in [0.15, 0.2) is 0 Å². The van der Waals surface area contributed by atoms with Gasteiger partial charge in [0.05, 0.1) is 17.1 Å². The highest BCUT2D eigenvalue weighted by Crippen LogP contribution is 2.21. The first-order valence-electron chi connectivity index (χ1n) is 5.19. The quantitative estimate of drug-likeness (QED) is 0.480. The molecular formula is C10H13ClN4O3. The van der Waals surface area contributed by atoms with Crippen molar-refractivity contribution in [3.05, 3.63) is 27.4 Å². The van der Waals surface area contributed by atoms with E-state index in [4.69, 9.17) is 17.3 Å². The van der Waals surface area contributed by atoms with E-state index in [0.29, 0.717) is 0 Å². The fourth-order valence-corrected chi connectivity index (χ4v) is 1.59. The molecule has 3 N–H and O–H groups in total.